The zero-order chi connectivity index (χ0) is 18.7. The Morgan fingerprint density at radius 1 is 1.20 bits per heavy atom. The summed E-state index contributed by atoms with van der Waals surface area (Å²) in [5.41, 5.74) is 4.03. The van der Waals surface area contributed by atoms with Gasteiger partial charge in [-0.3, -0.25) is 4.79 Å². The summed E-state index contributed by atoms with van der Waals surface area (Å²) in [6.07, 6.45) is 1.27. The van der Waals surface area contributed by atoms with Crippen molar-refractivity contribution in [3.05, 3.63) is 45.5 Å². The highest BCUT2D eigenvalue weighted by Crippen LogP contribution is 2.36. The molecule has 0 bridgehead atoms. The molecule has 0 atom stereocenters. The highest BCUT2D eigenvalue weighted by Gasteiger charge is 2.14. The SMILES string of the molecule is COc1cc(C(=O)N/N=C/c2c(O)cc(C)c(Cl)c2C)cc(O)c1O. The summed E-state index contributed by atoms with van der Waals surface area (Å²) in [5.74, 6) is -1.65. The minimum atomic E-state index is -0.639. The van der Waals surface area contributed by atoms with E-state index in [2.05, 4.69) is 10.5 Å². The molecule has 2 aromatic rings. The zero-order valence-corrected chi connectivity index (χ0v) is 14.5. The van der Waals surface area contributed by atoms with Gasteiger partial charge in [0.15, 0.2) is 11.5 Å². The summed E-state index contributed by atoms with van der Waals surface area (Å²) >= 11 is 6.13. The Labute approximate surface area is 149 Å². The molecule has 0 spiro atoms. The molecule has 2 rings (SSSR count). The summed E-state index contributed by atoms with van der Waals surface area (Å²) in [6, 6.07) is 3.83. The normalized spacial score (nSPS) is 10.9. The number of hydrogen-bond acceptors (Lipinski definition) is 6. The van der Waals surface area contributed by atoms with Crippen molar-refractivity contribution in [3.8, 4) is 23.0 Å². The Morgan fingerprint density at radius 3 is 2.52 bits per heavy atom. The van der Waals surface area contributed by atoms with Crippen molar-refractivity contribution in [1.29, 1.82) is 0 Å². The highest BCUT2D eigenvalue weighted by atomic mass is 35.5. The van der Waals surface area contributed by atoms with Gasteiger partial charge in [0, 0.05) is 16.1 Å². The standard InChI is InChI=1S/C17H17ClN2O5/c1-8-4-12(21)11(9(2)15(8)18)7-19-20-17(24)10-5-13(22)16(23)14(6-10)25-3/h4-7,21-23H,1-3H3,(H,20,24)/b19-7+. The van der Waals surface area contributed by atoms with Crippen molar-refractivity contribution in [2.45, 2.75) is 13.8 Å². The van der Waals surface area contributed by atoms with Gasteiger partial charge in [-0.2, -0.15) is 5.10 Å². The maximum atomic E-state index is 12.1. The number of carbonyl (C=O) groups excluding carboxylic acids is 1. The van der Waals surface area contributed by atoms with Crippen LogP contribution in [0.3, 0.4) is 0 Å². The number of hydrogen-bond donors (Lipinski definition) is 4. The van der Waals surface area contributed by atoms with E-state index in [1.165, 1.54) is 25.5 Å². The third-order valence-electron chi connectivity index (χ3n) is 3.61. The molecule has 0 unspecified atom stereocenters. The van der Waals surface area contributed by atoms with Crippen LogP contribution in [-0.4, -0.2) is 34.6 Å². The molecule has 0 heterocycles. The van der Waals surface area contributed by atoms with Gasteiger partial charge < -0.3 is 20.1 Å². The lowest BCUT2D eigenvalue weighted by atomic mass is 10.1. The molecule has 2 aromatic carbocycles. The van der Waals surface area contributed by atoms with Crippen LogP contribution in [0.2, 0.25) is 5.02 Å². The fourth-order valence-electron chi connectivity index (χ4n) is 2.22. The van der Waals surface area contributed by atoms with Crippen LogP contribution in [0.25, 0.3) is 0 Å². The molecular weight excluding hydrogens is 348 g/mol. The van der Waals surface area contributed by atoms with E-state index in [-0.39, 0.29) is 17.1 Å². The molecule has 0 saturated carbocycles. The van der Waals surface area contributed by atoms with E-state index < -0.39 is 17.4 Å². The topological polar surface area (TPSA) is 111 Å². The monoisotopic (exact) mass is 364 g/mol. The fraction of sp³-hybridized carbons (Fsp3) is 0.176. The number of phenols is 3. The molecule has 0 radical (unpaired) electrons. The first kappa shape index (κ1) is 18.4. The van der Waals surface area contributed by atoms with E-state index in [1.54, 1.807) is 13.8 Å². The molecule has 0 aliphatic rings. The van der Waals surface area contributed by atoms with Gasteiger partial charge in [0.05, 0.1) is 13.3 Å². The lowest BCUT2D eigenvalue weighted by molar-refractivity contribution is 0.0954. The second-order valence-corrected chi connectivity index (χ2v) is 5.69. The second kappa shape index (κ2) is 7.31. The van der Waals surface area contributed by atoms with Crippen molar-refractivity contribution in [2.75, 3.05) is 7.11 Å². The molecule has 0 saturated heterocycles. The number of aryl methyl sites for hydroxylation is 1. The van der Waals surface area contributed by atoms with Crippen LogP contribution in [0, 0.1) is 13.8 Å². The number of nitrogens with one attached hydrogen (secondary N) is 1. The van der Waals surface area contributed by atoms with Gasteiger partial charge in [-0.05, 0) is 43.2 Å². The summed E-state index contributed by atoms with van der Waals surface area (Å²) in [5, 5.41) is 33.4. The van der Waals surface area contributed by atoms with E-state index in [4.69, 9.17) is 16.3 Å². The Bertz CT molecular complexity index is 865. The van der Waals surface area contributed by atoms with Crippen molar-refractivity contribution < 1.29 is 24.9 Å². The number of aromatic hydroxyl groups is 3. The minimum Gasteiger partial charge on any atom is -0.507 e. The van der Waals surface area contributed by atoms with E-state index in [0.29, 0.717) is 16.1 Å². The fourth-order valence-corrected chi connectivity index (χ4v) is 2.37. The number of methoxy groups -OCH3 is 1. The first-order valence-electron chi connectivity index (χ1n) is 7.18. The number of amides is 1. The second-order valence-electron chi connectivity index (χ2n) is 5.31. The maximum Gasteiger partial charge on any atom is 0.271 e. The predicted molar refractivity (Wildman–Crippen MR) is 94.0 cm³/mol. The average Bonchev–Trinajstić information content (AvgIpc) is 2.58. The smallest absolute Gasteiger partial charge is 0.271 e. The van der Waals surface area contributed by atoms with Gasteiger partial charge >= 0.3 is 0 Å². The third-order valence-corrected chi connectivity index (χ3v) is 4.19. The number of halogens is 1. The van der Waals surface area contributed by atoms with Gasteiger partial charge in [-0.25, -0.2) is 5.43 Å². The largest absolute Gasteiger partial charge is 0.507 e. The van der Waals surface area contributed by atoms with Crippen molar-refractivity contribution in [1.82, 2.24) is 5.43 Å². The van der Waals surface area contributed by atoms with Crippen LogP contribution in [0.5, 0.6) is 23.0 Å². The Kier molecular flexibility index (Phi) is 5.38. The van der Waals surface area contributed by atoms with E-state index in [1.807, 2.05) is 0 Å². The molecule has 4 N–H and O–H groups in total. The molecule has 7 nitrogen and oxygen atoms in total. The molecule has 1 amide bonds. The van der Waals surface area contributed by atoms with Gasteiger partial charge in [0.1, 0.15) is 5.75 Å². The van der Waals surface area contributed by atoms with Crippen molar-refractivity contribution >= 4 is 23.7 Å². The summed E-state index contributed by atoms with van der Waals surface area (Å²) < 4.78 is 4.87. The van der Waals surface area contributed by atoms with Crippen LogP contribution in [0.1, 0.15) is 27.0 Å². The first-order valence-corrected chi connectivity index (χ1v) is 7.56. The minimum absolute atomic E-state index is 0.0126. The highest BCUT2D eigenvalue weighted by molar-refractivity contribution is 6.32. The van der Waals surface area contributed by atoms with E-state index in [9.17, 15) is 20.1 Å². The molecule has 0 aliphatic heterocycles. The lowest BCUT2D eigenvalue weighted by Crippen LogP contribution is -2.17. The summed E-state index contributed by atoms with van der Waals surface area (Å²) in [6.45, 7) is 3.49. The van der Waals surface area contributed by atoms with Gasteiger partial charge in [-0.15, -0.1) is 0 Å². The number of phenolic OH excluding ortho intramolecular Hbond substituents is 3. The van der Waals surface area contributed by atoms with Gasteiger partial charge in [0.2, 0.25) is 5.75 Å². The molecule has 0 aliphatic carbocycles. The number of rotatable bonds is 4. The van der Waals surface area contributed by atoms with Crippen molar-refractivity contribution in [2.24, 2.45) is 5.10 Å². The summed E-state index contributed by atoms with van der Waals surface area (Å²) in [7, 11) is 1.29. The number of benzene rings is 2. The maximum absolute atomic E-state index is 12.1. The van der Waals surface area contributed by atoms with Gasteiger partial charge in [-0.1, -0.05) is 11.6 Å². The molecule has 25 heavy (non-hydrogen) atoms. The first-order chi connectivity index (χ1) is 11.8. The van der Waals surface area contributed by atoms with E-state index >= 15 is 0 Å². The molecule has 132 valence electrons. The molecular formula is C17H17ClN2O5. The van der Waals surface area contributed by atoms with Crippen LogP contribution in [-0.2, 0) is 0 Å². The Morgan fingerprint density at radius 2 is 1.88 bits per heavy atom. The number of carbonyl (C=O) groups is 1. The van der Waals surface area contributed by atoms with Crippen LogP contribution >= 0.6 is 11.6 Å². The third kappa shape index (κ3) is 3.77. The number of ether oxygens (including phenoxy) is 1. The molecule has 0 aromatic heterocycles. The Balaban J connectivity index is 2.22. The Hall–Kier alpha value is -2.93. The molecule has 0 fully saturated rings. The average molecular weight is 365 g/mol. The number of nitrogens with zero attached hydrogens (tertiary/aromatic N) is 1. The summed E-state index contributed by atoms with van der Waals surface area (Å²) in [4.78, 5) is 12.1. The zero-order valence-electron chi connectivity index (χ0n) is 13.8. The molecule has 8 heteroatoms. The van der Waals surface area contributed by atoms with Crippen LogP contribution in [0.15, 0.2) is 23.3 Å². The number of hydrazone groups is 1. The predicted octanol–water partition coefficient (Wildman–Crippen LogP) is 2.85. The van der Waals surface area contributed by atoms with Crippen LogP contribution in [0.4, 0.5) is 0 Å². The van der Waals surface area contributed by atoms with Gasteiger partial charge in [0.25, 0.3) is 5.91 Å². The van der Waals surface area contributed by atoms with Crippen molar-refractivity contribution in [3.63, 3.8) is 0 Å². The van der Waals surface area contributed by atoms with Crippen LogP contribution < -0.4 is 10.2 Å². The quantitative estimate of drug-likeness (QED) is 0.378. The van der Waals surface area contributed by atoms with E-state index in [0.717, 1.165) is 11.6 Å². The lowest BCUT2D eigenvalue weighted by Gasteiger charge is -2.09.